The fourth-order valence-electron chi connectivity index (χ4n) is 7.28. The second-order valence-electron chi connectivity index (χ2n) is 13.7. The quantitative estimate of drug-likeness (QED) is 0.201. The molecule has 0 saturated carbocycles. The van der Waals surface area contributed by atoms with E-state index in [1.165, 1.54) is 55.2 Å². The van der Waals surface area contributed by atoms with Gasteiger partial charge in [0.1, 0.15) is 0 Å². The van der Waals surface area contributed by atoms with Gasteiger partial charge in [0, 0.05) is 21.9 Å². The Labute approximate surface area is 254 Å². The number of aromatic nitrogens is 1. The molecule has 43 heavy (non-hydrogen) atoms. The van der Waals surface area contributed by atoms with Gasteiger partial charge < -0.3 is 13.9 Å². The van der Waals surface area contributed by atoms with E-state index in [2.05, 4.69) is 155 Å². The molecule has 6 aromatic rings. The van der Waals surface area contributed by atoms with Crippen LogP contribution in [0.15, 0.2) is 109 Å². The molecule has 0 atom stereocenters. The first-order chi connectivity index (χ1) is 20.6. The van der Waals surface area contributed by atoms with Gasteiger partial charge >= 0.3 is 7.12 Å². The van der Waals surface area contributed by atoms with Crippen LogP contribution in [0.25, 0.3) is 49.7 Å². The van der Waals surface area contributed by atoms with Crippen molar-refractivity contribution in [3.05, 3.63) is 120 Å². The number of hydrogen-bond donors (Lipinski definition) is 0. The van der Waals surface area contributed by atoms with Crippen LogP contribution in [0.1, 0.15) is 52.7 Å². The zero-order valence-corrected chi connectivity index (χ0v) is 25.7. The van der Waals surface area contributed by atoms with Gasteiger partial charge in [-0.1, -0.05) is 92.7 Å². The zero-order chi connectivity index (χ0) is 29.7. The molecule has 4 heteroatoms. The molecule has 0 amide bonds. The lowest BCUT2D eigenvalue weighted by Crippen LogP contribution is -2.41. The smallest absolute Gasteiger partial charge is 0.399 e. The van der Waals surface area contributed by atoms with E-state index < -0.39 is 18.3 Å². The van der Waals surface area contributed by atoms with E-state index in [0.29, 0.717) is 0 Å². The molecule has 0 spiro atoms. The predicted molar refractivity (Wildman–Crippen MR) is 179 cm³/mol. The van der Waals surface area contributed by atoms with Crippen LogP contribution in [0.5, 0.6) is 0 Å². The van der Waals surface area contributed by atoms with Crippen molar-refractivity contribution in [2.24, 2.45) is 0 Å². The van der Waals surface area contributed by atoms with Crippen molar-refractivity contribution in [3.63, 3.8) is 0 Å². The molecule has 2 heterocycles. The topological polar surface area (TPSA) is 23.4 Å². The van der Waals surface area contributed by atoms with Gasteiger partial charge in [0.05, 0.1) is 22.2 Å². The van der Waals surface area contributed by atoms with Crippen LogP contribution in [0.4, 0.5) is 0 Å². The maximum atomic E-state index is 6.47. The summed E-state index contributed by atoms with van der Waals surface area (Å²) in [6.45, 7) is 13.2. The molecule has 0 bridgehead atoms. The van der Waals surface area contributed by atoms with Crippen molar-refractivity contribution in [1.82, 2.24) is 4.57 Å². The van der Waals surface area contributed by atoms with Crippen molar-refractivity contribution >= 4 is 34.4 Å². The Morgan fingerprint density at radius 2 is 1.16 bits per heavy atom. The highest BCUT2D eigenvalue weighted by molar-refractivity contribution is 6.62. The molecule has 0 N–H and O–H groups in total. The molecule has 0 radical (unpaired) electrons. The Balaban J connectivity index is 1.36. The van der Waals surface area contributed by atoms with Crippen LogP contribution in [0.3, 0.4) is 0 Å². The van der Waals surface area contributed by atoms with Gasteiger partial charge in [0.25, 0.3) is 0 Å². The first-order valence-electron chi connectivity index (χ1n) is 15.3. The Hall–Kier alpha value is -4.12. The average Bonchev–Trinajstić information content (AvgIpc) is 3.54. The zero-order valence-electron chi connectivity index (χ0n) is 25.7. The van der Waals surface area contributed by atoms with E-state index in [1.807, 2.05) is 0 Å². The molecule has 3 nitrogen and oxygen atoms in total. The second-order valence-corrected chi connectivity index (χ2v) is 13.7. The van der Waals surface area contributed by atoms with Gasteiger partial charge in [0.2, 0.25) is 0 Å². The first kappa shape index (κ1) is 26.5. The Morgan fingerprint density at radius 3 is 1.91 bits per heavy atom. The monoisotopic (exact) mass is 561 g/mol. The first-order valence-corrected chi connectivity index (χ1v) is 15.3. The SMILES string of the molecule is CC1(C)c2ccccc2-c2cccc(-c3ccc4c(c3)c3cc(B5OC(C)(C)C(C)(C)O5)ccc3n4-c3ccccc3)c21. The van der Waals surface area contributed by atoms with Crippen LogP contribution in [-0.4, -0.2) is 22.9 Å². The molecule has 0 unspecified atom stereocenters. The standard InChI is InChI=1S/C39H36BNO2/c1-37(2)33-18-11-10-15-29(33)30-17-12-16-28(36(30)37)25-19-21-34-31(23-25)32-24-26(40-42-38(3,4)39(5,6)43-40)20-22-35(32)41(34)27-13-8-7-9-14-27/h7-24H,1-6H3. The fourth-order valence-corrected chi connectivity index (χ4v) is 7.28. The minimum Gasteiger partial charge on any atom is -0.399 e. The summed E-state index contributed by atoms with van der Waals surface area (Å²) in [5, 5.41) is 2.42. The van der Waals surface area contributed by atoms with Crippen molar-refractivity contribution in [2.45, 2.75) is 58.2 Å². The Kier molecular flexibility index (Phi) is 5.52. The summed E-state index contributed by atoms with van der Waals surface area (Å²) in [5.41, 5.74) is 11.7. The largest absolute Gasteiger partial charge is 0.494 e. The summed E-state index contributed by atoms with van der Waals surface area (Å²) < 4.78 is 15.3. The molecule has 1 fully saturated rings. The van der Waals surface area contributed by atoms with Crippen LogP contribution in [0.2, 0.25) is 0 Å². The van der Waals surface area contributed by atoms with E-state index in [-0.39, 0.29) is 5.41 Å². The molecule has 2 aliphatic rings. The molecule has 1 aromatic heterocycles. The normalized spacial score (nSPS) is 17.9. The summed E-state index contributed by atoms with van der Waals surface area (Å²) >= 11 is 0. The third-order valence-electron chi connectivity index (χ3n) is 10.2. The lowest BCUT2D eigenvalue weighted by molar-refractivity contribution is 0.00578. The fraction of sp³-hybridized carbons (Fsp3) is 0.231. The molecular weight excluding hydrogens is 525 g/mol. The number of hydrogen-bond acceptors (Lipinski definition) is 2. The van der Waals surface area contributed by atoms with Crippen molar-refractivity contribution in [2.75, 3.05) is 0 Å². The number of benzene rings is 5. The lowest BCUT2D eigenvalue weighted by atomic mass is 9.78. The van der Waals surface area contributed by atoms with E-state index in [1.54, 1.807) is 0 Å². The maximum Gasteiger partial charge on any atom is 0.494 e. The van der Waals surface area contributed by atoms with Crippen LogP contribution < -0.4 is 5.46 Å². The third kappa shape index (κ3) is 3.76. The molecular formula is C39H36BNO2. The van der Waals surface area contributed by atoms with Crippen LogP contribution in [-0.2, 0) is 14.7 Å². The van der Waals surface area contributed by atoms with Gasteiger partial charge in [-0.25, -0.2) is 0 Å². The minimum atomic E-state index is -0.413. The number of nitrogens with zero attached hydrogens (tertiary/aromatic N) is 1. The van der Waals surface area contributed by atoms with E-state index in [0.717, 1.165) is 11.2 Å². The summed E-state index contributed by atoms with van der Waals surface area (Å²) in [5.74, 6) is 0. The highest BCUT2D eigenvalue weighted by Crippen LogP contribution is 2.52. The summed E-state index contributed by atoms with van der Waals surface area (Å²) in [7, 11) is -0.413. The Morgan fingerprint density at radius 1 is 0.558 bits per heavy atom. The summed E-state index contributed by atoms with van der Waals surface area (Å²) in [6.07, 6.45) is 0. The Bertz CT molecular complexity index is 2050. The van der Waals surface area contributed by atoms with Gasteiger partial charge in [0.15, 0.2) is 0 Å². The number of rotatable bonds is 3. The highest BCUT2D eigenvalue weighted by atomic mass is 16.7. The molecule has 8 rings (SSSR count). The number of fused-ring (bicyclic) bond motifs is 6. The molecule has 212 valence electrons. The molecule has 5 aromatic carbocycles. The lowest BCUT2D eigenvalue weighted by Gasteiger charge is -2.32. The van der Waals surface area contributed by atoms with Gasteiger partial charge in [-0.15, -0.1) is 0 Å². The van der Waals surface area contributed by atoms with Crippen LogP contribution in [0, 0.1) is 0 Å². The third-order valence-corrected chi connectivity index (χ3v) is 10.2. The van der Waals surface area contributed by atoms with E-state index in [4.69, 9.17) is 9.31 Å². The summed E-state index contributed by atoms with van der Waals surface area (Å²) in [6, 6.07) is 39.9. The molecule has 1 aliphatic carbocycles. The molecule has 1 saturated heterocycles. The van der Waals surface area contributed by atoms with Crippen molar-refractivity contribution in [3.8, 4) is 27.9 Å². The minimum absolute atomic E-state index is 0.0839. The van der Waals surface area contributed by atoms with E-state index >= 15 is 0 Å². The van der Waals surface area contributed by atoms with E-state index in [9.17, 15) is 0 Å². The maximum absolute atomic E-state index is 6.47. The summed E-state index contributed by atoms with van der Waals surface area (Å²) in [4.78, 5) is 0. The highest BCUT2D eigenvalue weighted by Gasteiger charge is 2.51. The van der Waals surface area contributed by atoms with Gasteiger partial charge in [-0.3, -0.25) is 0 Å². The van der Waals surface area contributed by atoms with Gasteiger partial charge in [-0.05, 0) is 96.9 Å². The molecule has 1 aliphatic heterocycles. The average molecular weight is 562 g/mol. The van der Waals surface area contributed by atoms with Crippen molar-refractivity contribution in [1.29, 1.82) is 0 Å². The van der Waals surface area contributed by atoms with Crippen molar-refractivity contribution < 1.29 is 9.31 Å². The van der Waals surface area contributed by atoms with Crippen LogP contribution >= 0.6 is 0 Å². The predicted octanol–water partition coefficient (Wildman–Crippen LogP) is 9.06. The number of para-hydroxylation sites is 1. The van der Waals surface area contributed by atoms with Gasteiger partial charge in [-0.2, -0.15) is 0 Å². The second kappa shape index (κ2) is 8.95.